The van der Waals surface area contributed by atoms with E-state index >= 15 is 0 Å². The van der Waals surface area contributed by atoms with Crippen molar-refractivity contribution in [2.24, 2.45) is 0 Å². The van der Waals surface area contributed by atoms with Crippen LogP contribution in [0.15, 0.2) is 0 Å². The Morgan fingerprint density at radius 2 is 1.92 bits per heavy atom. The van der Waals surface area contributed by atoms with Crippen molar-refractivity contribution in [3.8, 4) is 0 Å². The summed E-state index contributed by atoms with van der Waals surface area (Å²) in [5.74, 6) is 0. The van der Waals surface area contributed by atoms with Crippen LogP contribution < -0.4 is 5.48 Å². The highest BCUT2D eigenvalue weighted by molar-refractivity contribution is 7.09. The molecule has 0 aliphatic carbocycles. The third-order valence-corrected chi connectivity index (χ3v) is 4.22. The van der Waals surface area contributed by atoms with E-state index in [9.17, 15) is 0 Å². The minimum Gasteiger partial charge on any atom is -0.359 e. The van der Waals surface area contributed by atoms with Crippen molar-refractivity contribution in [1.82, 2.24) is 10.4 Å². The van der Waals surface area contributed by atoms with Gasteiger partial charge < -0.3 is 8.85 Å². The van der Waals surface area contributed by atoms with Crippen LogP contribution >= 0.6 is 11.1 Å². The highest BCUT2D eigenvalue weighted by atomic mass is 35.6. The highest BCUT2D eigenvalue weighted by Gasteiger charge is 2.43. The molecule has 3 rings (SSSR count). The molecular formula is C5H11ClN2O3Si. The van der Waals surface area contributed by atoms with E-state index < -0.39 is 8.11 Å². The van der Waals surface area contributed by atoms with Crippen LogP contribution in [0.5, 0.6) is 0 Å². The molecule has 2 bridgehead atoms. The SMILES string of the molecule is Cl[Si]12OCCN(CCO1)CNO2. The molecule has 3 aliphatic heterocycles. The van der Waals surface area contributed by atoms with Gasteiger partial charge in [0.1, 0.15) is 0 Å². The molecule has 1 N–H and O–H groups in total. The molecule has 3 fully saturated rings. The molecular weight excluding hydrogens is 200 g/mol. The van der Waals surface area contributed by atoms with Crippen molar-refractivity contribution in [3.63, 3.8) is 0 Å². The number of hydroxylamine groups is 1. The fourth-order valence-corrected chi connectivity index (χ4v) is 2.91. The van der Waals surface area contributed by atoms with Crippen molar-refractivity contribution < 1.29 is 13.4 Å². The lowest BCUT2D eigenvalue weighted by Gasteiger charge is -2.34. The number of halogens is 1. The summed E-state index contributed by atoms with van der Waals surface area (Å²) < 4.78 is 15.7. The largest absolute Gasteiger partial charge is 0.630 e. The predicted octanol–water partition coefficient (Wildman–Crippen LogP) is -0.498. The molecule has 0 aromatic carbocycles. The molecule has 3 saturated heterocycles. The van der Waals surface area contributed by atoms with Crippen LogP contribution in [-0.2, 0) is 13.4 Å². The normalized spacial score (nSPS) is 43.2. The van der Waals surface area contributed by atoms with Gasteiger partial charge >= 0.3 is 8.11 Å². The van der Waals surface area contributed by atoms with Gasteiger partial charge in [-0.05, 0) is 0 Å². The van der Waals surface area contributed by atoms with Crippen LogP contribution in [0.2, 0.25) is 0 Å². The summed E-state index contributed by atoms with van der Waals surface area (Å²) in [7, 11) is -2.85. The third-order valence-electron chi connectivity index (χ3n) is 1.85. The van der Waals surface area contributed by atoms with Crippen molar-refractivity contribution in [2.45, 2.75) is 0 Å². The number of rotatable bonds is 0. The highest BCUT2D eigenvalue weighted by Crippen LogP contribution is 2.17. The molecule has 0 spiro atoms. The summed E-state index contributed by atoms with van der Waals surface area (Å²) in [6.45, 7) is 3.60. The van der Waals surface area contributed by atoms with Crippen molar-refractivity contribution in [3.05, 3.63) is 0 Å². The minimum atomic E-state index is -2.85. The maximum absolute atomic E-state index is 5.97. The fourth-order valence-electron chi connectivity index (χ4n) is 1.17. The first-order chi connectivity index (χ1) is 5.79. The molecule has 3 heterocycles. The van der Waals surface area contributed by atoms with E-state index in [0.29, 0.717) is 19.9 Å². The average Bonchev–Trinajstić information content (AvgIpc) is 1.93. The molecule has 0 unspecified atom stereocenters. The van der Waals surface area contributed by atoms with E-state index in [-0.39, 0.29) is 0 Å². The molecule has 0 aromatic heterocycles. The average molecular weight is 211 g/mol. The van der Waals surface area contributed by atoms with Gasteiger partial charge in [-0.15, -0.1) is 0 Å². The van der Waals surface area contributed by atoms with Crippen LogP contribution in [0.4, 0.5) is 0 Å². The summed E-state index contributed by atoms with van der Waals surface area (Å²) >= 11 is 5.97. The lowest BCUT2D eigenvalue weighted by atomic mass is 10.5. The first kappa shape index (κ1) is 8.89. The van der Waals surface area contributed by atoms with Gasteiger partial charge in [-0.2, -0.15) is 5.48 Å². The van der Waals surface area contributed by atoms with E-state index in [2.05, 4.69) is 10.4 Å². The number of fused-ring (bicyclic) bond motifs is 6. The molecule has 3 aliphatic rings. The molecule has 0 radical (unpaired) electrons. The van der Waals surface area contributed by atoms with Crippen molar-refractivity contribution >= 4 is 19.2 Å². The van der Waals surface area contributed by atoms with Gasteiger partial charge in [0, 0.05) is 13.1 Å². The minimum absolute atomic E-state index is 0.581. The Morgan fingerprint density at radius 1 is 1.25 bits per heavy atom. The van der Waals surface area contributed by atoms with Gasteiger partial charge in [0.05, 0.1) is 19.9 Å². The van der Waals surface area contributed by atoms with Gasteiger partial charge in [-0.3, -0.25) is 9.43 Å². The lowest BCUT2D eigenvalue weighted by Crippen LogP contribution is -2.55. The Hall–Kier alpha value is 0.307. The molecule has 0 atom stereocenters. The first-order valence-corrected chi connectivity index (χ1v) is 6.62. The van der Waals surface area contributed by atoms with E-state index in [1.165, 1.54) is 0 Å². The van der Waals surface area contributed by atoms with Crippen molar-refractivity contribution in [1.29, 1.82) is 0 Å². The first-order valence-electron chi connectivity index (χ1n) is 3.89. The Balaban J connectivity index is 2.06. The van der Waals surface area contributed by atoms with Gasteiger partial charge in [0.2, 0.25) is 0 Å². The molecule has 0 saturated carbocycles. The van der Waals surface area contributed by atoms with Crippen LogP contribution in [0.3, 0.4) is 0 Å². The zero-order valence-electron chi connectivity index (χ0n) is 6.59. The second-order valence-corrected chi connectivity index (χ2v) is 5.83. The van der Waals surface area contributed by atoms with Crippen LogP contribution in [-0.4, -0.2) is 46.0 Å². The molecule has 0 aromatic rings. The lowest BCUT2D eigenvalue weighted by molar-refractivity contribution is -0.0371. The standard InChI is InChI=1S/C5H11ClN2O3Si/c6-12-9-3-1-8(2-4-10-12)5-7-11-12/h7H,1-5H2. The van der Waals surface area contributed by atoms with Crippen molar-refractivity contribution in [2.75, 3.05) is 33.0 Å². The van der Waals surface area contributed by atoms with Crippen LogP contribution in [0.1, 0.15) is 0 Å². The number of nitrogens with one attached hydrogen (secondary N) is 1. The van der Waals surface area contributed by atoms with Crippen LogP contribution in [0, 0.1) is 0 Å². The summed E-state index contributed by atoms with van der Waals surface area (Å²) in [6, 6.07) is 0. The predicted molar refractivity (Wildman–Crippen MR) is 44.2 cm³/mol. The van der Waals surface area contributed by atoms with Gasteiger partial charge in [0.15, 0.2) is 0 Å². The second-order valence-electron chi connectivity index (χ2n) is 2.70. The summed E-state index contributed by atoms with van der Waals surface area (Å²) in [4.78, 5) is 2.14. The maximum atomic E-state index is 5.97. The second kappa shape index (κ2) is 3.58. The van der Waals surface area contributed by atoms with Crippen LogP contribution in [0.25, 0.3) is 0 Å². The maximum Gasteiger partial charge on any atom is 0.630 e. The van der Waals surface area contributed by atoms with Gasteiger partial charge in [0.25, 0.3) is 0 Å². The number of hydrogen-bond donors (Lipinski definition) is 1. The molecule has 70 valence electrons. The third kappa shape index (κ3) is 1.97. The number of hydrogen-bond acceptors (Lipinski definition) is 5. The monoisotopic (exact) mass is 210 g/mol. The molecule has 7 heteroatoms. The molecule has 5 nitrogen and oxygen atoms in total. The van der Waals surface area contributed by atoms with E-state index in [0.717, 1.165) is 13.1 Å². The smallest absolute Gasteiger partial charge is 0.359 e. The Morgan fingerprint density at radius 3 is 2.58 bits per heavy atom. The summed E-state index contributed by atoms with van der Waals surface area (Å²) in [6.07, 6.45) is 0. The Bertz CT molecular complexity index is 146. The van der Waals surface area contributed by atoms with E-state index in [4.69, 9.17) is 24.5 Å². The summed E-state index contributed by atoms with van der Waals surface area (Å²) in [5.41, 5.74) is 2.74. The Labute approximate surface area is 76.6 Å². The van der Waals surface area contributed by atoms with E-state index in [1.54, 1.807) is 0 Å². The fraction of sp³-hybridized carbons (Fsp3) is 1.00. The molecule has 12 heavy (non-hydrogen) atoms. The van der Waals surface area contributed by atoms with Gasteiger partial charge in [-0.25, -0.2) is 0 Å². The topological polar surface area (TPSA) is 43.0 Å². The zero-order chi connectivity index (χ0) is 8.44. The quantitative estimate of drug-likeness (QED) is 0.432. The number of nitrogens with zero attached hydrogens (tertiary/aromatic N) is 1. The van der Waals surface area contributed by atoms with Gasteiger partial charge in [-0.1, -0.05) is 11.1 Å². The zero-order valence-corrected chi connectivity index (χ0v) is 8.34. The van der Waals surface area contributed by atoms with E-state index in [1.807, 2.05) is 0 Å². The summed E-state index contributed by atoms with van der Waals surface area (Å²) in [5, 5.41) is 0. The molecule has 0 amide bonds. The Kier molecular flexibility index (Phi) is 2.65.